The molecule has 0 spiro atoms. The van der Waals surface area contributed by atoms with Gasteiger partial charge < -0.3 is 5.73 Å². The molecule has 1 heterocycles. The SMILES string of the molecule is CCCc1cc(N)c2cc(Br)cc(Cl)c2n1. The molecule has 0 saturated heterocycles. The van der Waals surface area contributed by atoms with Crippen LogP contribution in [0.3, 0.4) is 0 Å². The van der Waals surface area contributed by atoms with Gasteiger partial charge in [-0.2, -0.15) is 0 Å². The van der Waals surface area contributed by atoms with Crippen molar-refractivity contribution in [2.45, 2.75) is 19.8 Å². The van der Waals surface area contributed by atoms with Crippen molar-refractivity contribution in [2.75, 3.05) is 5.73 Å². The summed E-state index contributed by atoms with van der Waals surface area (Å²) in [5.41, 5.74) is 8.52. The van der Waals surface area contributed by atoms with Crippen molar-refractivity contribution in [3.63, 3.8) is 0 Å². The zero-order valence-electron chi connectivity index (χ0n) is 8.93. The summed E-state index contributed by atoms with van der Waals surface area (Å²) in [6.07, 6.45) is 1.97. The first kappa shape index (κ1) is 11.7. The van der Waals surface area contributed by atoms with E-state index in [9.17, 15) is 0 Å². The first-order valence-electron chi connectivity index (χ1n) is 5.16. The molecule has 84 valence electrons. The van der Waals surface area contributed by atoms with E-state index in [0.717, 1.165) is 39.6 Å². The molecule has 0 unspecified atom stereocenters. The smallest absolute Gasteiger partial charge is 0.0912 e. The third-order valence-corrected chi connectivity index (χ3v) is 3.17. The van der Waals surface area contributed by atoms with Crippen molar-refractivity contribution in [1.82, 2.24) is 4.98 Å². The Morgan fingerprint density at radius 3 is 2.81 bits per heavy atom. The van der Waals surface area contributed by atoms with E-state index in [1.165, 1.54) is 0 Å². The Bertz CT molecular complexity index is 540. The molecule has 0 fully saturated rings. The predicted molar refractivity (Wildman–Crippen MR) is 72.9 cm³/mol. The molecule has 1 aromatic carbocycles. The number of fused-ring (bicyclic) bond motifs is 1. The van der Waals surface area contributed by atoms with Gasteiger partial charge in [0.15, 0.2) is 0 Å². The van der Waals surface area contributed by atoms with Crippen LogP contribution in [0.2, 0.25) is 5.02 Å². The Hall–Kier alpha value is -0.800. The minimum absolute atomic E-state index is 0.633. The number of anilines is 1. The van der Waals surface area contributed by atoms with Gasteiger partial charge in [0.05, 0.1) is 10.5 Å². The Morgan fingerprint density at radius 2 is 2.12 bits per heavy atom. The van der Waals surface area contributed by atoms with Gasteiger partial charge in [-0.3, -0.25) is 4.98 Å². The van der Waals surface area contributed by atoms with Crippen LogP contribution < -0.4 is 5.73 Å². The number of pyridine rings is 1. The van der Waals surface area contributed by atoms with E-state index in [0.29, 0.717) is 5.02 Å². The van der Waals surface area contributed by atoms with Crippen LogP contribution in [0.1, 0.15) is 19.0 Å². The topological polar surface area (TPSA) is 38.9 Å². The van der Waals surface area contributed by atoms with Gasteiger partial charge in [-0.15, -0.1) is 0 Å². The van der Waals surface area contributed by atoms with Gasteiger partial charge in [0, 0.05) is 21.2 Å². The van der Waals surface area contributed by atoms with Crippen LogP contribution >= 0.6 is 27.5 Å². The molecular formula is C12H12BrClN2. The number of aromatic nitrogens is 1. The highest BCUT2D eigenvalue weighted by Gasteiger charge is 2.07. The van der Waals surface area contributed by atoms with Crippen LogP contribution in [0.5, 0.6) is 0 Å². The Morgan fingerprint density at radius 1 is 1.38 bits per heavy atom. The molecule has 2 aromatic rings. The number of nitrogen functional groups attached to an aromatic ring is 1. The number of nitrogens with zero attached hydrogens (tertiary/aromatic N) is 1. The number of rotatable bonds is 2. The van der Waals surface area contributed by atoms with Gasteiger partial charge in [-0.25, -0.2) is 0 Å². The molecule has 2 rings (SSSR count). The number of aryl methyl sites for hydroxylation is 1. The fraction of sp³-hybridized carbons (Fsp3) is 0.250. The Labute approximate surface area is 108 Å². The lowest BCUT2D eigenvalue weighted by molar-refractivity contribution is 0.890. The second kappa shape index (κ2) is 4.60. The van der Waals surface area contributed by atoms with E-state index in [1.807, 2.05) is 18.2 Å². The van der Waals surface area contributed by atoms with Crippen LogP contribution in [0.25, 0.3) is 10.9 Å². The Kier molecular flexibility index (Phi) is 3.36. The summed E-state index contributed by atoms with van der Waals surface area (Å²) in [4.78, 5) is 4.53. The monoisotopic (exact) mass is 298 g/mol. The molecule has 2 nitrogen and oxygen atoms in total. The lowest BCUT2D eigenvalue weighted by Gasteiger charge is -2.07. The molecule has 16 heavy (non-hydrogen) atoms. The molecule has 2 N–H and O–H groups in total. The molecule has 0 atom stereocenters. The highest BCUT2D eigenvalue weighted by molar-refractivity contribution is 9.10. The minimum Gasteiger partial charge on any atom is -0.398 e. The van der Waals surface area contributed by atoms with Gasteiger partial charge in [0.1, 0.15) is 0 Å². The van der Waals surface area contributed by atoms with E-state index >= 15 is 0 Å². The second-order valence-corrected chi connectivity index (χ2v) is 5.06. The van der Waals surface area contributed by atoms with E-state index in [2.05, 4.69) is 27.8 Å². The van der Waals surface area contributed by atoms with Crippen LogP contribution in [-0.4, -0.2) is 4.98 Å². The number of nitrogens with two attached hydrogens (primary N) is 1. The lowest BCUT2D eigenvalue weighted by Crippen LogP contribution is -1.96. The van der Waals surface area contributed by atoms with Crippen molar-refractivity contribution >= 4 is 44.1 Å². The zero-order chi connectivity index (χ0) is 11.7. The first-order valence-corrected chi connectivity index (χ1v) is 6.33. The predicted octanol–water partition coefficient (Wildman–Crippen LogP) is 4.19. The maximum Gasteiger partial charge on any atom is 0.0912 e. The highest BCUT2D eigenvalue weighted by atomic mass is 79.9. The number of hydrogen-bond donors (Lipinski definition) is 1. The largest absolute Gasteiger partial charge is 0.398 e. The molecule has 1 aromatic heterocycles. The van der Waals surface area contributed by atoms with Gasteiger partial charge in [-0.1, -0.05) is 40.9 Å². The molecule has 0 aliphatic rings. The zero-order valence-corrected chi connectivity index (χ0v) is 11.3. The Balaban J connectivity index is 2.71. The van der Waals surface area contributed by atoms with Gasteiger partial charge in [0.2, 0.25) is 0 Å². The van der Waals surface area contributed by atoms with Gasteiger partial charge in [0.25, 0.3) is 0 Å². The average Bonchev–Trinajstić information content (AvgIpc) is 2.20. The summed E-state index contributed by atoms with van der Waals surface area (Å²) in [6, 6.07) is 5.71. The summed E-state index contributed by atoms with van der Waals surface area (Å²) in [6.45, 7) is 2.12. The third-order valence-electron chi connectivity index (χ3n) is 2.42. The average molecular weight is 300 g/mol. The molecule has 0 aliphatic heterocycles. The highest BCUT2D eigenvalue weighted by Crippen LogP contribution is 2.30. The summed E-state index contributed by atoms with van der Waals surface area (Å²) >= 11 is 9.56. The fourth-order valence-corrected chi connectivity index (χ4v) is 2.57. The minimum atomic E-state index is 0.633. The second-order valence-electron chi connectivity index (χ2n) is 3.74. The lowest BCUT2D eigenvalue weighted by atomic mass is 10.1. The van der Waals surface area contributed by atoms with Crippen molar-refractivity contribution < 1.29 is 0 Å². The molecule has 0 saturated carbocycles. The van der Waals surface area contributed by atoms with Gasteiger partial charge >= 0.3 is 0 Å². The maximum atomic E-state index is 6.16. The fourth-order valence-electron chi connectivity index (χ4n) is 1.72. The quantitative estimate of drug-likeness (QED) is 0.903. The van der Waals surface area contributed by atoms with Gasteiger partial charge in [-0.05, 0) is 24.6 Å². The molecule has 0 bridgehead atoms. The molecule has 0 radical (unpaired) electrons. The molecule has 4 heteroatoms. The van der Waals surface area contributed by atoms with E-state index < -0.39 is 0 Å². The summed E-state index contributed by atoms with van der Waals surface area (Å²) in [5.74, 6) is 0. The van der Waals surface area contributed by atoms with Crippen LogP contribution in [-0.2, 0) is 6.42 Å². The van der Waals surface area contributed by atoms with Crippen LogP contribution in [0, 0.1) is 0 Å². The normalized spacial score (nSPS) is 10.9. The van der Waals surface area contributed by atoms with E-state index in [1.54, 1.807) is 0 Å². The molecule has 0 amide bonds. The summed E-state index contributed by atoms with van der Waals surface area (Å²) < 4.78 is 0.918. The van der Waals surface area contributed by atoms with Crippen LogP contribution in [0.15, 0.2) is 22.7 Å². The van der Waals surface area contributed by atoms with Crippen molar-refractivity contribution in [1.29, 1.82) is 0 Å². The first-order chi connectivity index (χ1) is 7.61. The summed E-state index contributed by atoms with van der Waals surface area (Å²) in [5, 5.41) is 1.54. The number of hydrogen-bond acceptors (Lipinski definition) is 2. The van der Waals surface area contributed by atoms with E-state index in [4.69, 9.17) is 17.3 Å². The molecular weight excluding hydrogens is 288 g/mol. The summed E-state index contributed by atoms with van der Waals surface area (Å²) in [7, 11) is 0. The number of halogens is 2. The van der Waals surface area contributed by atoms with Crippen molar-refractivity contribution in [3.05, 3.63) is 33.4 Å². The van der Waals surface area contributed by atoms with Crippen molar-refractivity contribution in [3.8, 4) is 0 Å². The van der Waals surface area contributed by atoms with Crippen LogP contribution in [0.4, 0.5) is 5.69 Å². The number of benzene rings is 1. The van der Waals surface area contributed by atoms with Crippen molar-refractivity contribution in [2.24, 2.45) is 0 Å². The molecule has 0 aliphatic carbocycles. The standard InChI is InChI=1S/C12H12BrClN2/c1-2-3-8-6-11(15)9-4-7(13)5-10(14)12(9)16-8/h4-6H,2-3H2,1H3,(H2,15,16). The third kappa shape index (κ3) is 2.15. The van der Waals surface area contributed by atoms with E-state index in [-0.39, 0.29) is 0 Å². The maximum absolute atomic E-state index is 6.16.